The van der Waals surface area contributed by atoms with Crippen molar-refractivity contribution < 1.29 is 15.0 Å². The first kappa shape index (κ1) is 12.0. The third-order valence-electron chi connectivity index (χ3n) is 1.89. The number of hydrogen-bond acceptors (Lipinski definition) is 3. The predicted molar refractivity (Wildman–Crippen MR) is 61.3 cm³/mol. The minimum Gasteiger partial charge on any atom is -0.478 e. The van der Waals surface area contributed by atoms with Crippen LogP contribution in [0.4, 0.5) is 5.69 Å². The van der Waals surface area contributed by atoms with E-state index in [-0.39, 0.29) is 18.2 Å². The zero-order valence-corrected chi connectivity index (χ0v) is 9.78. The van der Waals surface area contributed by atoms with Crippen LogP contribution >= 0.6 is 15.9 Å². The molecule has 3 N–H and O–H groups in total. The van der Waals surface area contributed by atoms with Crippen molar-refractivity contribution in [3.05, 3.63) is 28.2 Å². The van der Waals surface area contributed by atoms with Crippen LogP contribution in [0.5, 0.6) is 0 Å². The summed E-state index contributed by atoms with van der Waals surface area (Å²) in [6.07, 6.45) is 0. The molecule has 82 valence electrons. The van der Waals surface area contributed by atoms with Gasteiger partial charge in [0.2, 0.25) is 0 Å². The normalized spacial score (nSPS) is 12.2. The lowest BCUT2D eigenvalue weighted by Crippen LogP contribution is -2.19. The second-order valence-electron chi connectivity index (χ2n) is 3.23. The van der Waals surface area contributed by atoms with Gasteiger partial charge in [0, 0.05) is 16.2 Å². The van der Waals surface area contributed by atoms with Crippen LogP contribution in [0.3, 0.4) is 0 Å². The standard InChI is InChI=1S/C10H12BrNO3/c1-6(5-13)12-9-3-2-7(10(14)15)4-8(9)11/h2-4,6,12-13H,5H2,1H3,(H,14,15). The third kappa shape index (κ3) is 3.21. The molecule has 15 heavy (non-hydrogen) atoms. The molecule has 0 aliphatic carbocycles. The summed E-state index contributed by atoms with van der Waals surface area (Å²) in [4.78, 5) is 10.7. The lowest BCUT2D eigenvalue weighted by atomic mass is 10.2. The summed E-state index contributed by atoms with van der Waals surface area (Å²) in [5.74, 6) is -0.961. The summed E-state index contributed by atoms with van der Waals surface area (Å²) in [5, 5.41) is 20.6. The van der Waals surface area contributed by atoms with Gasteiger partial charge >= 0.3 is 5.97 Å². The quantitative estimate of drug-likeness (QED) is 0.784. The Balaban J connectivity index is 2.88. The number of halogens is 1. The number of rotatable bonds is 4. The SMILES string of the molecule is CC(CO)Nc1ccc(C(=O)O)cc1Br. The molecule has 0 aliphatic rings. The average Bonchev–Trinajstić information content (AvgIpc) is 2.20. The number of carboxylic acids is 1. The molecule has 1 rings (SSSR count). The first-order chi connectivity index (χ1) is 7.04. The summed E-state index contributed by atoms with van der Waals surface area (Å²) in [6, 6.07) is 4.63. The molecule has 0 bridgehead atoms. The monoisotopic (exact) mass is 273 g/mol. The van der Waals surface area contributed by atoms with Gasteiger partial charge in [0.15, 0.2) is 0 Å². The Kier molecular flexibility index (Phi) is 4.11. The van der Waals surface area contributed by atoms with Crippen molar-refractivity contribution in [2.45, 2.75) is 13.0 Å². The van der Waals surface area contributed by atoms with Gasteiger partial charge in [-0.05, 0) is 41.1 Å². The fourth-order valence-corrected chi connectivity index (χ4v) is 1.57. The van der Waals surface area contributed by atoms with E-state index in [1.807, 2.05) is 6.92 Å². The zero-order valence-electron chi connectivity index (χ0n) is 8.20. The number of hydrogen-bond donors (Lipinski definition) is 3. The highest BCUT2D eigenvalue weighted by Crippen LogP contribution is 2.24. The van der Waals surface area contributed by atoms with E-state index in [1.54, 1.807) is 6.07 Å². The predicted octanol–water partition coefficient (Wildman–Crippen LogP) is 1.94. The fourth-order valence-electron chi connectivity index (χ4n) is 1.08. The van der Waals surface area contributed by atoms with E-state index >= 15 is 0 Å². The molecule has 0 aromatic heterocycles. The van der Waals surface area contributed by atoms with E-state index in [9.17, 15) is 4.79 Å². The molecule has 5 heteroatoms. The van der Waals surface area contributed by atoms with Crippen molar-refractivity contribution in [1.29, 1.82) is 0 Å². The first-order valence-corrected chi connectivity index (χ1v) is 5.24. The van der Waals surface area contributed by atoms with Crippen LogP contribution in [0, 0.1) is 0 Å². The minimum absolute atomic E-state index is 0.0210. The number of nitrogens with one attached hydrogen (secondary N) is 1. The van der Waals surface area contributed by atoms with Crippen LogP contribution in [0.1, 0.15) is 17.3 Å². The number of aliphatic hydroxyl groups is 1. The van der Waals surface area contributed by atoms with Crippen LogP contribution in [0.2, 0.25) is 0 Å². The van der Waals surface area contributed by atoms with Gasteiger partial charge in [-0.15, -0.1) is 0 Å². The molecule has 0 amide bonds. The van der Waals surface area contributed by atoms with E-state index in [1.165, 1.54) is 12.1 Å². The van der Waals surface area contributed by atoms with Gasteiger partial charge in [0.1, 0.15) is 0 Å². The maximum atomic E-state index is 10.7. The Morgan fingerprint density at radius 1 is 1.60 bits per heavy atom. The maximum absolute atomic E-state index is 10.7. The van der Waals surface area contributed by atoms with Gasteiger partial charge < -0.3 is 15.5 Å². The zero-order chi connectivity index (χ0) is 11.4. The van der Waals surface area contributed by atoms with Crippen molar-refractivity contribution in [2.75, 3.05) is 11.9 Å². The van der Waals surface area contributed by atoms with Crippen LogP contribution in [-0.2, 0) is 0 Å². The Labute approximate surface area is 96.1 Å². The Morgan fingerprint density at radius 3 is 2.73 bits per heavy atom. The number of aromatic carboxylic acids is 1. The molecule has 0 heterocycles. The largest absolute Gasteiger partial charge is 0.478 e. The molecule has 0 aliphatic heterocycles. The van der Waals surface area contributed by atoms with Gasteiger partial charge in [0.05, 0.1) is 12.2 Å². The molecule has 1 aromatic carbocycles. The molecule has 0 radical (unpaired) electrons. The van der Waals surface area contributed by atoms with Gasteiger partial charge in [-0.1, -0.05) is 0 Å². The lowest BCUT2D eigenvalue weighted by molar-refractivity contribution is 0.0697. The van der Waals surface area contributed by atoms with Gasteiger partial charge in [0.25, 0.3) is 0 Å². The topological polar surface area (TPSA) is 69.6 Å². The summed E-state index contributed by atoms with van der Waals surface area (Å²) >= 11 is 3.27. The molecule has 4 nitrogen and oxygen atoms in total. The molecule has 0 fully saturated rings. The van der Waals surface area contributed by atoms with E-state index in [0.717, 1.165) is 5.69 Å². The van der Waals surface area contributed by atoms with Crippen LogP contribution in [-0.4, -0.2) is 28.8 Å². The van der Waals surface area contributed by atoms with Crippen LogP contribution < -0.4 is 5.32 Å². The van der Waals surface area contributed by atoms with E-state index in [4.69, 9.17) is 10.2 Å². The van der Waals surface area contributed by atoms with Crippen molar-refractivity contribution in [2.24, 2.45) is 0 Å². The van der Waals surface area contributed by atoms with Crippen molar-refractivity contribution in [1.82, 2.24) is 0 Å². The molecular formula is C10H12BrNO3. The summed E-state index contributed by atoms with van der Waals surface area (Å²) in [6.45, 7) is 1.85. The second-order valence-corrected chi connectivity index (χ2v) is 4.08. The average molecular weight is 274 g/mol. The summed E-state index contributed by atoms with van der Waals surface area (Å²) < 4.78 is 0.669. The number of aliphatic hydroxyl groups excluding tert-OH is 1. The van der Waals surface area contributed by atoms with Crippen LogP contribution in [0.25, 0.3) is 0 Å². The number of benzene rings is 1. The molecule has 1 aromatic rings. The smallest absolute Gasteiger partial charge is 0.335 e. The molecule has 0 saturated carbocycles. The van der Waals surface area contributed by atoms with E-state index in [2.05, 4.69) is 21.2 Å². The first-order valence-electron chi connectivity index (χ1n) is 4.45. The lowest BCUT2D eigenvalue weighted by Gasteiger charge is -2.14. The van der Waals surface area contributed by atoms with Crippen molar-refractivity contribution >= 4 is 27.6 Å². The summed E-state index contributed by atoms with van der Waals surface area (Å²) in [5.41, 5.74) is 0.991. The van der Waals surface area contributed by atoms with E-state index < -0.39 is 5.97 Å². The van der Waals surface area contributed by atoms with E-state index in [0.29, 0.717) is 4.47 Å². The third-order valence-corrected chi connectivity index (χ3v) is 2.55. The molecule has 1 atom stereocenters. The van der Waals surface area contributed by atoms with Gasteiger partial charge in [-0.25, -0.2) is 4.79 Å². The molecule has 1 unspecified atom stereocenters. The minimum atomic E-state index is -0.961. The Bertz CT molecular complexity index is 368. The van der Waals surface area contributed by atoms with Gasteiger partial charge in [-0.2, -0.15) is 0 Å². The number of anilines is 1. The molecule has 0 saturated heterocycles. The summed E-state index contributed by atoms with van der Waals surface area (Å²) in [7, 11) is 0. The Hall–Kier alpha value is -1.07. The highest BCUT2D eigenvalue weighted by molar-refractivity contribution is 9.10. The fraction of sp³-hybridized carbons (Fsp3) is 0.300. The highest BCUT2D eigenvalue weighted by Gasteiger charge is 2.08. The molecule has 0 spiro atoms. The number of carbonyl (C=O) groups is 1. The second kappa shape index (κ2) is 5.14. The molecular weight excluding hydrogens is 262 g/mol. The van der Waals surface area contributed by atoms with Crippen molar-refractivity contribution in [3.63, 3.8) is 0 Å². The Morgan fingerprint density at radius 2 is 2.27 bits per heavy atom. The van der Waals surface area contributed by atoms with Crippen LogP contribution in [0.15, 0.2) is 22.7 Å². The number of carboxylic acid groups (broad SMARTS) is 1. The van der Waals surface area contributed by atoms with Crippen molar-refractivity contribution in [3.8, 4) is 0 Å². The van der Waals surface area contributed by atoms with Gasteiger partial charge in [-0.3, -0.25) is 0 Å². The highest BCUT2D eigenvalue weighted by atomic mass is 79.9. The maximum Gasteiger partial charge on any atom is 0.335 e.